The van der Waals surface area contributed by atoms with E-state index < -0.39 is 0 Å². The van der Waals surface area contributed by atoms with Gasteiger partial charge >= 0.3 is 0 Å². The number of benzene rings is 1. The van der Waals surface area contributed by atoms with Crippen molar-refractivity contribution >= 4 is 0 Å². The van der Waals surface area contributed by atoms with E-state index in [9.17, 15) is 8.78 Å². The first-order chi connectivity index (χ1) is 13.6. The molecule has 1 aromatic heterocycles. The standard InChI is InChI=1S/C23H27F2NO2/c24-19-6-3-5-18(14-19)4-1-2-9-22(21-8-7-20(25)15-26-21)10-13-28-23(16-22)11-12-27-17-23/h3,5-8,14-15H,1-2,4,9-13,16-17H2. The maximum atomic E-state index is 13.5. The molecule has 0 bridgehead atoms. The number of rotatable bonds is 6. The first-order valence-corrected chi connectivity index (χ1v) is 10.2. The molecule has 2 unspecified atom stereocenters. The largest absolute Gasteiger partial charge is 0.378 e. The van der Waals surface area contributed by atoms with Crippen LogP contribution in [0.5, 0.6) is 0 Å². The molecule has 0 radical (unpaired) electrons. The van der Waals surface area contributed by atoms with Gasteiger partial charge in [-0.05, 0) is 61.9 Å². The highest BCUT2D eigenvalue weighted by Gasteiger charge is 2.49. The molecule has 5 heteroatoms. The third-order valence-corrected chi connectivity index (χ3v) is 6.25. The molecule has 3 nitrogen and oxygen atoms in total. The number of hydrogen-bond donors (Lipinski definition) is 0. The van der Waals surface area contributed by atoms with E-state index in [2.05, 4.69) is 4.98 Å². The van der Waals surface area contributed by atoms with E-state index in [1.54, 1.807) is 12.1 Å². The van der Waals surface area contributed by atoms with Gasteiger partial charge in [0.2, 0.25) is 0 Å². The molecule has 2 fully saturated rings. The molecule has 0 N–H and O–H groups in total. The molecule has 0 aliphatic carbocycles. The van der Waals surface area contributed by atoms with Crippen LogP contribution < -0.4 is 0 Å². The molecule has 1 aromatic carbocycles. The molecular formula is C23H27F2NO2. The molecule has 2 aliphatic rings. The smallest absolute Gasteiger partial charge is 0.141 e. The van der Waals surface area contributed by atoms with E-state index in [4.69, 9.17) is 9.47 Å². The number of aryl methyl sites for hydroxylation is 1. The lowest BCUT2D eigenvalue weighted by molar-refractivity contribution is -0.109. The van der Waals surface area contributed by atoms with Crippen molar-refractivity contribution in [3.63, 3.8) is 0 Å². The second kappa shape index (κ2) is 8.26. The van der Waals surface area contributed by atoms with Gasteiger partial charge in [-0.1, -0.05) is 18.6 Å². The molecule has 1 spiro atoms. The Hall–Kier alpha value is -1.85. The average molecular weight is 387 g/mol. The number of hydrogen-bond acceptors (Lipinski definition) is 3. The average Bonchev–Trinajstić information content (AvgIpc) is 3.13. The molecule has 2 aromatic rings. The summed E-state index contributed by atoms with van der Waals surface area (Å²) >= 11 is 0. The van der Waals surface area contributed by atoms with Gasteiger partial charge in [0.15, 0.2) is 0 Å². The van der Waals surface area contributed by atoms with Gasteiger partial charge < -0.3 is 9.47 Å². The van der Waals surface area contributed by atoms with Crippen LogP contribution in [0, 0.1) is 11.6 Å². The van der Waals surface area contributed by atoms with E-state index >= 15 is 0 Å². The van der Waals surface area contributed by atoms with Gasteiger partial charge in [-0.25, -0.2) is 8.78 Å². The molecule has 2 saturated heterocycles. The van der Waals surface area contributed by atoms with E-state index in [0.717, 1.165) is 62.8 Å². The Morgan fingerprint density at radius 2 is 1.93 bits per heavy atom. The molecular weight excluding hydrogens is 360 g/mol. The van der Waals surface area contributed by atoms with Gasteiger partial charge in [0, 0.05) is 30.7 Å². The lowest BCUT2D eigenvalue weighted by Crippen LogP contribution is -2.48. The van der Waals surface area contributed by atoms with Crippen LogP contribution in [0.4, 0.5) is 8.78 Å². The summed E-state index contributed by atoms with van der Waals surface area (Å²) in [5.74, 6) is -0.493. The predicted molar refractivity (Wildman–Crippen MR) is 103 cm³/mol. The van der Waals surface area contributed by atoms with E-state index in [0.29, 0.717) is 13.2 Å². The number of pyridine rings is 1. The van der Waals surface area contributed by atoms with Crippen molar-refractivity contribution in [2.24, 2.45) is 0 Å². The highest BCUT2D eigenvalue weighted by molar-refractivity contribution is 5.21. The second-order valence-corrected chi connectivity index (χ2v) is 8.24. The molecule has 2 aliphatic heterocycles. The summed E-state index contributed by atoms with van der Waals surface area (Å²) in [6.07, 6.45) is 7.77. The summed E-state index contributed by atoms with van der Waals surface area (Å²) in [4.78, 5) is 4.46. The number of ether oxygens (including phenoxy) is 2. The summed E-state index contributed by atoms with van der Waals surface area (Å²) < 4.78 is 38.6. The van der Waals surface area contributed by atoms with Crippen molar-refractivity contribution < 1.29 is 18.3 Å². The number of unbranched alkanes of at least 4 members (excludes halogenated alkanes) is 1. The van der Waals surface area contributed by atoms with Gasteiger partial charge in [0.25, 0.3) is 0 Å². The van der Waals surface area contributed by atoms with Gasteiger partial charge in [0.1, 0.15) is 11.6 Å². The fourth-order valence-corrected chi connectivity index (χ4v) is 4.80. The normalized spacial score (nSPS) is 27.4. The lowest BCUT2D eigenvalue weighted by atomic mass is 9.67. The van der Waals surface area contributed by atoms with Crippen LogP contribution in [0.15, 0.2) is 42.6 Å². The summed E-state index contributed by atoms with van der Waals surface area (Å²) in [5.41, 5.74) is 1.62. The molecule has 3 heterocycles. The van der Waals surface area contributed by atoms with Crippen molar-refractivity contribution in [3.8, 4) is 0 Å². The highest BCUT2D eigenvalue weighted by atomic mass is 19.1. The summed E-state index contributed by atoms with van der Waals surface area (Å²) in [7, 11) is 0. The first kappa shape index (κ1) is 19.5. The zero-order valence-electron chi connectivity index (χ0n) is 16.1. The van der Waals surface area contributed by atoms with Crippen LogP contribution in [-0.2, 0) is 21.3 Å². The van der Waals surface area contributed by atoms with Crippen LogP contribution in [0.3, 0.4) is 0 Å². The van der Waals surface area contributed by atoms with Crippen LogP contribution in [0.2, 0.25) is 0 Å². The summed E-state index contributed by atoms with van der Waals surface area (Å²) in [6.45, 7) is 2.03. The maximum Gasteiger partial charge on any atom is 0.141 e. The Morgan fingerprint density at radius 1 is 1.00 bits per heavy atom. The number of halogens is 2. The summed E-state index contributed by atoms with van der Waals surface area (Å²) in [5, 5.41) is 0. The lowest BCUT2D eigenvalue weighted by Gasteiger charge is -2.45. The van der Waals surface area contributed by atoms with E-state index in [1.807, 2.05) is 12.1 Å². The first-order valence-electron chi connectivity index (χ1n) is 10.2. The Morgan fingerprint density at radius 3 is 2.68 bits per heavy atom. The zero-order valence-corrected chi connectivity index (χ0v) is 16.1. The van der Waals surface area contributed by atoms with Crippen LogP contribution in [0.25, 0.3) is 0 Å². The second-order valence-electron chi connectivity index (χ2n) is 8.24. The Bertz CT molecular complexity index is 789. The predicted octanol–water partition coefficient (Wildman–Crippen LogP) is 4.98. The fraction of sp³-hybridized carbons (Fsp3) is 0.522. The fourth-order valence-electron chi connectivity index (χ4n) is 4.80. The molecule has 2 atom stereocenters. The Kier molecular flexibility index (Phi) is 5.74. The van der Waals surface area contributed by atoms with Crippen molar-refractivity contribution in [2.75, 3.05) is 19.8 Å². The highest BCUT2D eigenvalue weighted by Crippen LogP contribution is 2.47. The van der Waals surface area contributed by atoms with E-state index in [-0.39, 0.29) is 22.7 Å². The number of nitrogens with zero attached hydrogens (tertiary/aromatic N) is 1. The topological polar surface area (TPSA) is 31.4 Å². The summed E-state index contributed by atoms with van der Waals surface area (Å²) in [6, 6.07) is 10.2. The van der Waals surface area contributed by atoms with Crippen LogP contribution in [0.1, 0.15) is 49.8 Å². The van der Waals surface area contributed by atoms with Crippen molar-refractivity contribution in [2.45, 2.75) is 56.0 Å². The molecule has 0 saturated carbocycles. The third-order valence-electron chi connectivity index (χ3n) is 6.25. The van der Waals surface area contributed by atoms with Crippen molar-refractivity contribution in [1.29, 1.82) is 0 Å². The third kappa shape index (κ3) is 4.26. The minimum atomic E-state index is -0.309. The minimum absolute atomic E-state index is 0.123. The van der Waals surface area contributed by atoms with Gasteiger partial charge in [-0.3, -0.25) is 4.98 Å². The van der Waals surface area contributed by atoms with Crippen LogP contribution >= 0.6 is 0 Å². The molecule has 28 heavy (non-hydrogen) atoms. The molecule has 150 valence electrons. The van der Waals surface area contributed by atoms with Gasteiger partial charge in [-0.15, -0.1) is 0 Å². The molecule has 0 amide bonds. The number of aromatic nitrogens is 1. The zero-order chi connectivity index (χ0) is 19.5. The van der Waals surface area contributed by atoms with Crippen LogP contribution in [-0.4, -0.2) is 30.4 Å². The monoisotopic (exact) mass is 387 g/mol. The quantitative estimate of drug-likeness (QED) is 0.655. The molecule has 4 rings (SSSR count). The maximum absolute atomic E-state index is 13.5. The SMILES string of the molecule is Fc1ccc(C2(CCCCc3cccc(F)c3)CCOC3(CCOC3)C2)nc1. The Labute approximate surface area is 165 Å². The Balaban J connectivity index is 1.47. The van der Waals surface area contributed by atoms with Crippen molar-refractivity contribution in [3.05, 3.63) is 65.5 Å². The minimum Gasteiger partial charge on any atom is -0.378 e. The van der Waals surface area contributed by atoms with Gasteiger partial charge in [-0.2, -0.15) is 0 Å². The van der Waals surface area contributed by atoms with Gasteiger partial charge in [0.05, 0.1) is 18.4 Å². The van der Waals surface area contributed by atoms with E-state index in [1.165, 1.54) is 18.3 Å². The van der Waals surface area contributed by atoms with Crippen molar-refractivity contribution in [1.82, 2.24) is 4.98 Å².